The van der Waals surface area contributed by atoms with Crippen molar-refractivity contribution in [1.29, 1.82) is 0 Å². The number of ether oxygens (including phenoxy) is 1. The van der Waals surface area contributed by atoms with Gasteiger partial charge < -0.3 is 10.1 Å². The lowest BCUT2D eigenvalue weighted by Crippen LogP contribution is -2.13. The van der Waals surface area contributed by atoms with Crippen LogP contribution in [0.2, 0.25) is 0 Å². The van der Waals surface area contributed by atoms with Crippen molar-refractivity contribution in [2.24, 2.45) is 5.92 Å². The number of hydrogen-bond acceptors (Lipinski definition) is 3. The molecule has 0 saturated carbocycles. The molecule has 0 bridgehead atoms. The van der Waals surface area contributed by atoms with Crippen LogP contribution >= 0.6 is 11.3 Å². The van der Waals surface area contributed by atoms with E-state index in [9.17, 15) is 0 Å². The lowest BCUT2D eigenvalue weighted by Gasteiger charge is -2.07. The van der Waals surface area contributed by atoms with Crippen molar-refractivity contribution in [3.05, 3.63) is 21.9 Å². The Morgan fingerprint density at radius 1 is 1.47 bits per heavy atom. The highest BCUT2D eigenvalue weighted by Gasteiger charge is 2.14. The summed E-state index contributed by atoms with van der Waals surface area (Å²) in [5, 5.41) is 3.36. The number of aryl methyl sites for hydroxylation is 1. The lowest BCUT2D eigenvalue weighted by molar-refractivity contribution is 0.0943. The quantitative estimate of drug-likeness (QED) is 0.831. The third kappa shape index (κ3) is 3.30. The maximum atomic E-state index is 5.73. The van der Waals surface area contributed by atoms with Gasteiger partial charge in [-0.2, -0.15) is 0 Å². The summed E-state index contributed by atoms with van der Waals surface area (Å²) >= 11 is 1.87. The van der Waals surface area contributed by atoms with Gasteiger partial charge in [0.25, 0.3) is 0 Å². The minimum Gasteiger partial charge on any atom is -0.376 e. The summed E-state index contributed by atoms with van der Waals surface area (Å²) in [5.41, 5.74) is 0. The molecule has 1 N–H and O–H groups in total. The first-order chi connectivity index (χ1) is 7.38. The molecular weight excluding hydrogens is 206 g/mol. The third-order valence-electron chi connectivity index (χ3n) is 2.83. The van der Waals surface area contributed by atoms with E-state index in [2.05, 4.69) is 24.4 Å². The molecule has 84 valence electrons. The van der Waals surface area contributed by atoms with Crippen LogP contribution in [-0.4, -0.2) is 19.7 Å². The molecule has 0 aliphatic carbocycles. The topological polar surface area (TPSA) is 21.3 Å². The molecule has 2 heterocycles. The number of thiophene rings is 1. The maximum absolute atomic E-state index is 5.73. The first-order valence-electron chi connectivity index (χ1n) is 5.74. The summed E-state index contributed by atoms with van der Waals surface area (Å²) in [7, 11) is 0. The SMILES string of the molecule is CCc1ccc(COCC2CCNC2)s1. The Bertz CT molecular complexity index is 292. The van der Waals surface area contributed by atoms with E-state index < -0.39 is 0 Å². The molecule has 1 saturated heterocycles. The zero-order chi connectivity index (χ0) is 10.5. The van der Waals surface area contributed by atoms with Crippen molar-refractivity contribution in [2.75, 3.05) is 19.7 Å². The van der Waals surface area contributed by atoms with Gasteiger partial charge in [0.15, 0.2) is 0 Å². The second kappa shape index (κ2) is 5.64. The van der Waals surface area contributed by atoms with Crippen LogP contribution in [0.3, 0.4) is 0 Å². The minimum atomic E-state index is 0.732. The fourth-order valence-electron chi connectivity index (χ4n) is 1.87. The van der Waals surface area contributed by atoms with Crippen molar-refractivity contribution >= 4 is 11.3 Å². The van der Waals surface area contributed by atoms with Crippen LogP contribution in [0.1, 0.15) is 23.1 Å². The predicted octanol–water partition coefficient (Wildman–Crippen LogP) is 2.44. The second-order valence-electron chi connectivity index (χ2n) is 4.10. The molecule has 0 aromatic carbocycles. The highest BCUT2D eigenvalue weighted by molar-refractivity contribution is 7.11. The van der Waals surface area contributed by atoms with Gasteiger partial charge in [0.1, 0.15) is 0 Å². The number of hydrogen-bond donors (Lipinski definition) is 1. The first-order valence-corrected chi connectivity index (χ1v) is 6.56. The molecular formula is C12H19NOS. The summed E-state index contributed by atoms with van der Waals surface area (Å²) in [5.74, 6) is 0.732. The molecule has 0 amide bonds. The minimum absolute atomic E-state index is 0.732. The van der Waals surface area contributed by atoms with E-state index in [1.54, 1.807) is 0 Å². The van der Waals surface area contributed by atoms with E-state index in [1.165, 1.54) is 16.2 Å². The maximum Gasteiger partial charge on any atom is 0.0809 e. The van der Waals surface area contributed by atoms with Crippen LogP contribution in [0, 0.1) is 5.92 Å². The van der Waals surface area contributed by atoms with E-state index in [4.69, 9.17) is 4.74 Å². The fourth-order valence-corrected chi connectivity index (χ4v) is 2.77. The molecule has 1 aromatic heterocycles. The van der Waals surface area contributed by atoms with E-state index in [0.29, 0.717) is 0 Å². The summed E-state index contributed by atoms with van der Waals surface area (Å²) in [4.78, 5) is 2.81. The van der Waals surface area contributed by atoms with E-state index in [1.807, 2.05) is 11.3 Å². The summed E-state index contributed by atoms with van der Waals surface area (Å²) < 4.78 is 5.73. The Hall–Kier alpha value is -0.380. The molecule has 2 nitrogen and oxygen atoms in total. The van der Waals surface area contributed by atoms with E-state index in [0.717, 1.165) is 38.6 Å². The van der Waals surface area contributed by atoms with Crippen molar-refractivity contribution in [1.82, 2.24) is 5.32 Å². The van der Waals surface area contributed by atoms with Crippen molar-refractivity contribution in [3.63, 3.8) is 0 Å². The fraction of sp³-hybridized carbons (Fsp3) is 0.667. The van der Waals surface area contributed by atoms with Gasteiger partial charge in [-0.1, -0.05) is 6.92 Å². The zero-order valence-electron chi connectivity index (χ0n) is 9.29. The first kappa shape index (κ1) is 11.1. The van der Waals surface area contributed by atoms with Crippen molar-refractivity contribution in [3.8, 4) is 0 Å². The average Bonchev–Trinajstić information content (AvgIpc) is 2.88. The van der Waals surface area contributed by atoms with Crippen molar-refractivity contribution < 1.29 is 4.74 Å². The summed E-state index contributed by atoms with van der Waals surface area (Å²) in [6, 6.07) is 4.40. The lowest BCUT2D eigenvalue weighted by atomic mass is 10.1. The Morgan fingerprint density at radius 2 is 2.33 bits per heavy atom. The van der Waals surface area contributed by atoms with Crippen LogP contribution in [-0.2, 0) is 17.8 Å². The normalized spacial score (nSPS) is 21.0. The standard InChI is InChI=1S/C12H19NOS/c1-2-11-3-4-12(15-11)9-14-8-10-5-6-13-7-10/h3-4,10,13H,2,5-9H2,1H3. The van der Waals surface area contributed by atoms with Gasteiger partial charge in [0.05, 0.1) is 13.2 Å². The number of nitrogens with one attached hydrogen (secondary N) is 1. The van der Waals surface area contributed by atoms with E-state index in [-0.39, 0.29) is 0 Å². The Labute approximate surface area is 95.6 Å². The average molecular weight is 225 g/mol. The predicted molar refractivity (Wildman–Crippen MR) is 64.3 cm³/mol. The second-order valence-corrected chi connectivity index (χ2v) is 5.35. The van der Waals surface area contributed by atoms with Crippen LogP contribution in [0.5, 0.6) is 0 Å². The van der Waals surface area contributed by atoms with Crippen LogP contribution in [0.25, 0.3) is 0 Å². The molecule has 1 aromatic rings. The highest BCUT2D eigenvalue weighted by atomic mass is 32.1. The van der Waals surface area contributed by atoms with Crippen LogP contribution in [0.4, 0.5) is 0 Å². The smallest absolute Gasteiger partial charge is 0.0809 e. The molecule has 15 heavy (non-hydrogen) atoms. The van der Waals surface area contributed by atoms with Gasteiger partial charge in [0, 0.05) is 16.3 Å². The Balaban J connectivity index is 1.68. The molecule has 3 heteroatoms. The van der Waals surface area contributed by atoms with Gasteiger partial charge in [-0.3, -0.25) is 0 Å². The Morgan fingerprint density at radius 3 is 3.00 bits per heavy atom. The van der Waals surface area contributed by atoms with Gasteiger partial charge in [-0.15, -0.1) is 11.3 Å². The molecule has 1 fully saturated rings. The summed E-state index contributed by atoms with van der Waals surface area (Å²) in [6.07, 6.45) is 2.40. The summed E-state index contributed by atoms with van der Waals surface area (Å²) in [6.45, 7) is 6.19. The molecule has 1 unspecified atom stereocenters. The molecule has 0 radical (unpaired) electrons. The van der Waals surface area contributed by atoms with E-state index >= 15 is 0 Å². The molecule has 2 rings (SSSR count). The largest absolute Gasteiger partial charge is 0.376 e. The highest BCUT2D eigenvalue weighted by Crippen LogP contribution is 2.18. The van der Waals surface area contributed by atoms with Crippen LogP contribution < -0.4 is 5.32 Å². The zero-order valence-corrected chi connectivity index (χ0v) is 10.1. The van der Waals surface area contributed by atoms with Crippen LogP contribution in [0.15, 0.2) is 12.1 Å². The molecule has 1 aliphatic heterocycles. The van der Waals surface area contributed by atoms with Gasteiger partial charge in [0.2, 0.25) is 0 Å². The molecule has 1 aliphatic rings. The Kier molecular flexibility index (Phi) is 4.18. The van der Waals surface area contributed by atoms with Gasteiger partial charge in [-0.25, -0.2) is 0 Å². The molecule has 0 spiro atoms. The van der Waals surface area contributed by atoms with Gasteiger partial charge in [-0.05, 0) is 37.4 Å². The third-order valence-corrected chi connectivity index (χ3v) is 4.03. The van der Waals surface area contributed by atoms with Crippen molar-refractivity contribution in [2.45, 2.75) is 26.4 Å². The number of rotatable bonds is 5. The van der Waals surface area contributed by atoms with Gasteiger partial charge >= 0.3 is 0 Å². The monoisotopic (exact) mass is 225 g/mol. The molecule has 1 atom stereocenters.